The smallest absolute Gasteiger partial charge is 0.207 e. The van der Waals surface area contributed by atoms with Gasteiger partial charge in [0.25, 0.3) is 0 Å². The number of nitrogens with one attached hydrogen (secondary N) is 1. The molecule has 1 aromatic carbocycles. The monoisotopic (exact) mass is 607 g/mol. The summed E-state index contributed by atoms with van der Waals surface area (Å²) in [5.74, 6) is 1.80. The van der Waals surface area contributed by atoms with E-state index in [0.717, 1.165) is 35.3 Å². The number of halogens is 1. The molecule has 1 aromatic rings. The molecule has 1 amide bonds. The second-order valence-corrected chi connectivity index (χ2v) is 11.9. The lowest BCUT2D eigenvalue weighted by atomic mass is 10.0. The fraction of sp³-hybridized carbons (Fsp3) is 0.711. The molecule has 2 aliphatic carbocycles. The molecule has 3 nitrogen and oxygen atoms in total. The van der Waals surface area contributed by atoms with Crippen LogP contribution in [0.1, 0.15) is 151 Å². The molecule has 3 unspecified atom stereocenters. The van der Waals surface area contributed by atoms with Crippen LogP contribution in [0.2, 0.25) is 5.02 Å². The van der Waals surface area contributed by atoms with Crippen molar-refractivity contribution in [1.29, 1.82) is 0 Å². The van der Waals surface area contributed by atoms with Gasteiger partial charge >= 0.3 is 0 Å². The summed E-state index contributed by atoms with van der Waals surface area (Å²) in [6, 6.07) is 7.61. The van der Waals surface area contributed by atoms with Gasteiger partial charge in [-0.3, -0.25) is 4.79 Å². The molecule has 1 fully saturated rings. The molecule has 4 heteroatoms. The van der Waals surface area contributed by atoms with Crippen LogP contribution >= 0.6 is 11.6 Å². The minimum Gasteiger partial charge on any atom is -0.358 e. The van der Waals surface area contributed by atoms with E-state index in [1.165, 1.54) is 83.5 Å². The Morgan fingerprint density at radius 2 is 1.64 bits per heavy atom. The molecule has 3 rings (SSSR count). The van der Waals surface area contributed by atoms with Gasteiger partial charge in [0.05, 0.1) is 0 Å². The average Bonchev–Trinajstić information content (AvgIpc) is 3.62. The second kappa shape index (κ2) is 32.3. The predicted molar refractivity (Wildman–Crippen MR) is 192 cm³/mol. The third-order valence-corrected chi connectivity index (χ3v) is 7.85. The minimum atomic E-state index is 0. The summed E-state index contributed by atoms with van der Waals surface area (Å²) in [6.45, 7) is 16.3. The van der Waals surface area contributed by atoms with Crippen LogP contribution in [0.3, 0.4) is 0 Å². The van der Waals surface area contributed by atoms with Crippen LogP contribution in [0.25, 0.3) is 0 Å². The highest BCUT2D eigenvalue weighted by molar-refractivity contribution is 6.30. The number of carbonyl (C=O) groups is 1. The zero-order valence-corrected chi connectivity index (χ0v) is 28.8. The van der Waals surface area contributed by atoms with Crippen molar-refractivity contribution < 1.29 is 4.79 Å². The highest BCUT2D eigenvalue weighted by atomic mass is 35.5. The molecule has 3 N–H and O–H groups in total. The highest BCUT2D eigenvalue weighted by Gasteiger charge is 2.48. The lowest BCUT2D eigenvalue weighted by molar-refractivity contribution is -0.109. The van der Waals surface area contributed by atoms with E-state index in [9.17, 15) is 4.79 Å². The average molecular weight is 607 g/mol. The van der Waals surface area contributed by atoms with Crippen molar-refractivity contribution in [3.05, 3.63) is 59.2 Å². The minimum absolute atomic E-state index is 0. The summed E-state index contributed by atoms with van der Waals surface area (Å²) < 4.78 is 0. The van der Waals surface area contributed by atoms with Crippen LogP contribution in [0.4, 0.5) is 0 Å². The van der Waals surface area contributed by atoms with Crippen LogP contribution < -0.4 is 11.1 Å². The maximum atomic E-state index is 9.92. The zero-order chi connectivity index (χ0) is 31.2. The number of benzene rings is 1. The summed E-state index contributed by atoms with van der Waals surface area (Å²) in [5.41, 5.74) is 7.42. The normalized spacial score (nSPS) is 20.2. The molecule has 0 aromatic heterocycles. The van der Waals surface area contributed by atoms with Gasteiger partial charge in [-0.1, -0.05) is 155 Å². The maximum Gasteiger partial charge on any atom is 0.207 e. The number of hydrogen-bond acceptors (Lipinski definition) is 2. The zero-order valence-electron chi connectivity index (χ0n) is 28.0. The molecule has 0 heterocycles. The molecule has 2 aliphatic rings. The van der Waals surface area contributed by atoms with Gasteiger partial charge in [0, 0.05) is 17.1 Å². The Kier molecular flexibility index (Phi) is 34.5. The van der Waals surface area contributed by atoms with Crippen LogP contribution in [0, 0.1) is 11.8 Å². The summed E-state index contributed by atoms with van der Waals surface area (Å²) in [7, 11) is 0. The van der Waals surface area contributed by atoms with E-state index < -0.39 is 0 Å². The van der Waals surface area contributed by atoms with Gasteiger partial charge in [-0.05, 0) is 74.5 Å². The van der Waals surface area contributed by atoms with Gasteiger partial charge in [0.15, 0.2) is 0 Å². The first-order chi connectivity index (χ1) is 19.8. The summed E-state index contributed by atoms with van der Waals surface area (Å²) >= 11 is 5.77. The number of unbranched alkanes of at least 4 members (excludes halogenated alkanes) is 2. The van der Waals surface area contributed by atoms with Gasteiger partial charge < -0.3 is 11.1 Å². The number of carbonyl (C=O) groups excluding carboxylic acids is 1. The van der Waals surface area contributed by atoms with E-state index in [1.807, 2.05) is 24.3 Å². The Bertz CT molecular complexity index is 749. The Hall–Kier alpha value is -1.58. The molecule has 0 spiro atoms. The third-order valence-electron chi connectivity index (χ3n) is 7.61. The van der Waals surface area contributed by atoms with E-state index in [4.69, 9.17) is 17.3 Å². The standard InChI is InChI=1S/C9H10ClNO.C8H17N.C8H12.C8H18.C4H10.CH4/c10-9-3-1-2-8(6-9)4-5-11-7-12;1-3-5-8(9)6-7(8)4-2;1-2-4-6-8-7-5-3-1;1-4-6-7-8(3)5-2;1-3-4-2;/h1-3,6-7H,4-5H2,(H,11,12);7H,3-6,9H2,1-2H3;1-2,5,7H,3-4,6,8H2;8H,4-7H2,1-3H3;3-4H2,1-2H3;1H4/b;;2-1-,7-5-;;;. The van der Waals surface area contributed by atoms with Crippen LogP contribution in [-0.4, -0.2) is 18.5 Å². The van der Waals surface area contributed by atoms with Crippen LogP contribution in [-0.2, 0) is 11.2 Å². The first-order valence-electron chi connectivity index (χ1n) is 16.8. The first-order valence-corrected chi connectivity index (χ1v) is 17.2. The molecule has 246 valence electrons. The number of allylic oxidation sites excluding steroid dienone is 4. The Morgan fingerprint density at radius 1 is 1.00 bits per heavy atom. The molecule has 42 heavy (non-hydrogen) atoms. The maximum absolute atomic E-state index is 9.92. The molecule has 1 saturated carbocycles. The number of nitrogens with two attached hydrogens (primary N) is 1. The number of rotatable bonds is 12. The predicted octanol–water partition coefficient (Wildman–Crippen LogP) is 11.9. The molecule has 0 aliphatic heterocycles. The van der Waals surface area contributed by atoms with Crippen LogP contribution in [0.5, 0.6) is 0 Å². The second-order valence-electron chi connectivity index (χ2n) is 11.5. The van der Waals surface area contributed by atoms with Gasteiger partial charge in [-0.2, -0.15) is 0 Å². The van der Waals surface area contributed by atoms with Gasteiger partial charge in [-0.15, -0.1) is 0 Å². The van der Waals surface area contributed by atoms with Crippen molar-refractivity contribution in [1.82, 2.24) is 5.32 Å². The first kappa shape index (κ1) is 44.9. The van der Waals surface area contributed by atoms with Crippen molar-refractivity contribution >= 4 is 18.0 Å². The summed E-state index contributed by atoms with van der Waals surface area (Å²) in [5, 5.41) is 3.33. The third kappa shape index (κ3) is 28.5. The topological polar surface area (TPSA) is 55.1 Å². The molecule has 0 saturated heterocycles. The van der Waals surface area contributed by atoms with E-state index in [-0.39, 0.29) is 13.0 Å². The fourth-order valence-corrected chi connectivity index (χ4v) is 4.52. The Labute approximate surface area is 268 Å². The van der Waals surface area contributed by atoms with Gasteiger partial charge in [0.1, 0.15) is 0 Å². The van der Waals surface area contributed by atoms with E-state index in [1.54, 1.807) is 0 Å². The van der Waals surface area contributed by atoms with Gasteiger partial charge in [0.2, 0.25) is 6.41 Å². The summed E-state index contributed by atoms with van der Waals surface area (Å²) in [4.78, 5) is 9.92. The Balaban J connectivity index is -0.000000465. The highest BCUT2D eigenvalue weighted by Crippen LogP contribution is 2.46. The summed E-state index contributed by atoms with van der Waals surface area (Å²) in [6.07, 6.45) is 28.7. The van der Waals surface area contributed by atoms with Crippen molar-refractivity contribution in [3.8, 4) is 0 Å². The van der Waals surface area contributed by atoms with E-state index in [0.29, 0.717) is 13.0 Å². The van der Waals surface area contributed by atoms with E-state index in [2.05, 4.69) is 78.1 Å². The molecular formula is C38H71ClN2O. The SMILES string of the molecule is C.C1=C\CCC/C=C\C/1.CCCC.CCCC1(N)CC1CC.CCCCC(C)CC.O=CNCCc1cccc(Cl)c1. The van der Waals surface area contributed by atoms with E-state index >= 15 is 0 Å². The van der Waals surface area contributed by atoms with Crippen molar-refractivity contribution in [2.45, 2.75) is 158 Å². The largest absolute Gasteiger partial charge is 0.358 e. The number of hydrogen-bond donors (Lipinski definition) is 2. The lowest BCUT2D eigenvalue weighted by Crippen LogP contribution is -2.24. The van der Waals surface area contributed by atoms with Gasteiger partial charge in [-0.25, -0.2) is 0 Å². The lowest BCUT2D eigenvalue weighted by Gasteiger charge is -2.07. The molecule has 0 bridgehead atoms. The Morgan fingerprint density at radius 3 is 2.10 bits per heavy atom. The van der Waals surface area contributed by atoms with Crippen LogP contribution in [0.15, 0.2) is 48.6 Å². The molecule has 3 atom stereocenters. The molecule has 0 radical (unpaired) electrons. The van der Waals surface area contributed by atoms with Crippen molar-refractivity contribution in [3.63, 3.8) is 0 Å². The van der Waals surface area contributed by atoms with Crippen molar-refractivity contribution in [2.75, 3.05) is 6.54 Å². The van der Waals surface area contributed by atoms with Crippen molar-refractivity contribution in [2.24, 2.45) is 17.6 Å². The molecular weight excluding hydrogens is 536 g/mol. The fourth-order valence-electron chi connectivity index (χ4n) is 4.31. The number of amides is 1. The quantitative estimate of drug-likeness (QED) is 0.141.